The molecule has 2 aromatic rings. The number of amides is 3. The van der Waals surface area contributed by atoms with Crippen LogP contribution in [0.25, 0.3) is 5.69 Å². The van der Waals surface area contributed by atoms with E-state index in [-0.39, 0.29) is 17.9 Å². The Morgan fingerprint density at radius 3 is 2.28 bits per heavy atom. The van der Waals surface area contributed by atoms with E-state index in [1.165, 1.54) is 0 Å². The molecule has 2 heterocycles. The third kappa shape index (κ3) is 4.44. The topological polar surface area (TPSA) is 61.7 Å². The van der Waals surface area contributed by atoms with E-state index in [2.05, 4.69) is 5.10 Å². The largest absolute Gasteiger partial charge is 0.341 e. The first-order chi connectivity index (χ1) is 13.8. The molecular formula is C22H31N5O2. The maximum Gasteiger partial charge on any atom is 0.319 e. The van der Waals surface area contributed by atoms with Gasteiger partial charge in [0.2, 0.25) is 5.91 Å². The molecule has 1 aliphatic heterocycles. The Balaban J connectivity index is 1.65. The van der Waals surface area contributed by atoms with Crippen molar-refractivity contribution >= 4 is 11.9 Å². The van der Waals surface area contributed by atoms with Gasteiger partial charge in [-0.2, -0.15) is 5.10 Å². The number of nitrogens with zero attached hydrogens (tertiary/aromatic N) is 5. The third-order valence-corrected chi connectivity index (χ3v) is 5.71. The maximum atomic E-state index is 13.0. The number of hydrogen-bond acceptors (Lipinski definition) is 3. The Morgan fingerprint density at radius 1 is 1.07 bits per heavy atom. The Bertz CT molecular complexity index is 867. The summed E-state index contributed by atoms with van der Waals surface area (Å²) in [6, 6.07) is 10.0. The fourth-order valence-corrected chi connectivity index (χ4v) is 3.95. The summed E-state index contributed by atoms with van der Waals surface area (Å²) in [7, 11) is 5.37. The molecule has 29 heavy (non-hydrogen) atoms. The van der Waals surface area contributed by atoms with Crippen LogP contribution in [0.5, 0.6) is 0 Å². The number of benzene rings is 1. The molecule has 0 atom stereocenters. The van der Waals surface area contributed by atoms with Gasteiger partial charge in [0.05, 0.1) is 11.4 Å². The number of aromatic nitrogens is 2. The van der Waals surface area contributed by atoms with Crippen LogP contribution >= 0.6 is 0 Å². The molecule has 7 heteroatoms. The fraction of sp³-hybridized carbons (Fsp3) is 0.500. The summed E-state index contributed by atoms with van der Waals surface area (Å²) in [4.78, 5) is 30.3. The Labute approximate surface area is 172 Å². The van der Waals surface area contributed by atoms with Crippen molar-refractivity contribution in [1.82, 2.24) is 24.5 Å². The summed E-state index contributed by atoms with van der Waals surface area (Å²) in [6.07, 6.45) is 1.42. The van der Waals surface area contributed by atoms with Crippen LogP contribution in [0.4, 0.5) is 4.79 Å². The molecule has 0 unspecified atom stereocenters. The molecule has 1 saturated heterocycles. The van der Waals surface area contributed by atoms with Crippen molar-refractivity contribution in [3.05, 3.63) is 47.3 Å². The number of carbonyl (C=O) groups is 2. The molecule has 0 bridgehead atoms. The molecule has 0 saturated carbocycles. The second-order valence-electron chi connectivity index (χ2n) is 8.03. The molecule has 1 aliphatic rings. The van der Waals surface area contributed by atoms with Gasteiger partial charge in [-0.1, -0.05) is 18.2 Å². The summed E-state index contributed by atoms with van der Waals surface area (Å²) < 4.78 is 1.94. The number of aryl methyl sites for hydroxylation is 1. The molecule has 1 fully saturated rings. The fourth-order valence-electron chi connectivity index (χ4n) is 3.95. The van der Waals surface area contributed by atoms with Gasteiger partial charge in [-0.3, -0.25) is 4.79 Å². The minimum Gasteiger partial charge on any atom is -0.341 e. The average Bonchev–Trinajstić information content (AvgIpc) is 3.01. The van der Waals surface area contributed by atoms with Crippen LogP contribution < -0.4 is 0 Å². The highest BCUT2D eigenvalue weighted by Crippen LogP contribution is 2.23. The lowest BCUT2D eigenvalue weighted by molar-refractivity contribution is -0.136. The monoisotopic (exact) mass is 397 g/mol. The molecule has 0 radical (unpaired) electrons. The Hall–Kier alpha value is -2.83. The van der Waals surface area contributed by atoms with Crippen molar-refractivity contribution in [2.75, 3.05) is 34.2 Å². The standard InChI is InChI=1S/C22H31N5O2/c1-16-20(17(2)27(23-16)19-9-7-6-8-10-19)15-25(5)21(28)18-11-13-26(14-12-18)22(29)24(3)4/h6-10,18H,11-15H2,1-5H3. The molecule has 0 spiro atoms. The van der Waals surface area contributed by atoms with Gasteiger partial charge in [-0.25, -0.2) is 9.48 Å². The number of urea groups is 1. The van der Waals surface area contributed by atoms with Crippen LogP contribution in [0, 0.1) is 19.8 Å². The van der Waals surface area contributed by atoms with E-state index in [1.807, 2.05) is 60.8 Å². The number of likely N-dealkylation sites (tertiary alicyclic amines) is 1. The van der Waals surface area contributed by atoms with E-state index >= 15 is 0 Å². The van der Waals surface area contributed by atoms with E-state index in [9.17, 15) is 9.59 Å². The average molecular weight is 398 g/mol. The van der Waals surface area contributed by atoms with Crippen molar-refractivity contribution in [3.63, 3.8) is 0 Å². The van der Waals surface area contributed by atoms with E-state index in [0.717, 1.165) is 22.6 Å². The number of piperidine rings is 1. The van der Waals surface area contributed by atoms with Gasteiger partial charge in [0.1, 0.15) is 0 Å². The summed E-state index contributed by atoms with van der Waals surface area (Å²) in [5.74, 6) is 0.115. The summed E-state index contributed by atoms with van der Waals surface area (Å²) in [6.45, 7) is 5.84. The van der Waals surface area contributed by atoms with E-state index in [4.69, 9.17) is 0 Å². The SMILES string of the molecule is Cc1nn(-c2ccccc2)c(C)c1CN(C)C(=O)C1CCN(C(=O)N(C)C)CC1. The zero-order chi connectivity index (χ0) is 21.1. The molecule has 1 aromatic heterocycles. The summed E-state index contributed by atoms with van der Waals surface area (Å²) in [5.41, 5.74) is 4.10. The first-order valence-electron chi connectivity index (χ1n) is 10.1. The maximum absolute atomic E-state index is 13.0. The predicted molar refractivity (Wildman–Crippen MR) is 113 cm³/mol. The van der Waals surface area contributed by atoms with Crippen LogP contribution in [0.1, 0.15) is 29.8 Å². The third-order valence-electron chi connectivity index (χ3n) is 5.71. The van der Waals surface area contributed by atoms with Gasteiger partial charge in [-0.05, 0) is 38.8 Å². The van der Waals surface area contributed by atoms with E-state index < -0.39 is 0 Å². The van der Waals surface area contributed by atoms with Crippen molar-refractivity contribution < 1.29 is 9.59 Å². The quantitative estimate of drug-likeness (QED) is 0.797. The highest BCUT2D eigenvalue weighted by Gasteiger charge is 2.30. The zero-order valence-electron chi connectivity index (χ0n) is 18.1. The smallest absolute Gasteiger partial charge is 0.319 e. The second-order valence-corrected chi connectivity index (χ2v) is 8.03. The van der Waals surface area contributed by atoms with Crippen LogP contribution in [0.15, 0.2) is 30.3 Å². The van der Waals surface area contributed by atoms with Gasteiger partial charge < -0.3 is 14.7 Å². The van der Waals surface area contributed by atoms with Gasteiger partial charge in [0, 0.05) is 58.0 Å². The van der Waals surface area contributed by atoms with Crippen molar-refractivity contribution in [1.29, 1.82) is 0 Å². The number of carbonyl (C=O) groups excluding carboxylic acids is 2. The lowest BCUT2D eigenvalue weighted by atomic mass is 9.95. The minimum absolute atomic E-state index is 0.0174. The Kier molecular flexibility index (Phi) is 6.25. The first-order valence-corrected chi connectivity index (χ1v) is 10.1. The molecule has 0 N–H and O–H groups in total. The highest BCUT2D eigenvalue weighted by molar-refractivity contribution is 5.79. The molecule has 1 aromatic carbocycles. The van der Waals surface area contributed by atoms with Crippen molar-refractivity contribution in [2.45, 2.75) is 33.2 Å². The van der Waals surface area contributed by atoms with Crippen molar-refractivity contribution in [2.24, 2.45) is 5.92 Å². The first kappa shape index (κ1) is 20.9. The molecule has 156 valence electrons. The van der Waals surface area contributed by atoms with Crippen LogP contribution in [-0.2, 0) is 11.3 Å². The number of para-hydroxylation sites is 1. The van der Waals surface area contributed by atoms with Crippen LogP contribution in [0.2, 0.25) is 0 Å². The normalized spacial score (nSPS) is 14.7. The molecule has 3 amide bonds. The van der Waals surface area contributed by atoms with Crippen LogP contribution in [-0.4, -0.2) is 70.7 Å². The van der Waals surface area contributed by atoms with Gasteiger partial charge in [0.15, 0.2) is 0 Å². The number of rotatable bonds is 4. The summed E-state index contributed by atoms with van der Waals surface area (Å²) >= 11 is 0. The highest BCUT2D eigenvalue weighted by atomic mass is 16.2. The predicted octanol–water partition coefficient (Wildman–Crippen LogP) is 2.84. The second kappa shape index (κ2) is 8.68. The lowest BCUT2D eigenvalue weighted by Crippen LogP contribution is -2.46. The van der Waals surface area contributed by atoms with Crippen LogP contribution in [0.3, 0.4) is 0 Å². The molecular weight excluding hydrogens is 366 g/mol. The van der Waals surface area contributed by atoms with Gasteiger partial charge in [0.25, 0.3) is 0 Å². The molecule has 0 aliphatic carbocycles. The van der Waals surface area contributed by atoms with Gasteiger partial charge in [-0.15, -0.1) is 0 Å². The number of hydrogen-bond donors (Lipinski definition) is 0. The van der Waals surface area contributed by atoms with Gasteiger partial charge >= 0.3 is 6.03 Å². The van der Waals surface area contributed by atoms with E-state index in [0.29, 0.717) is 32.5 Å². The lowest BCUT2D eigenvalue weighted by Gasteiger charge is -2.34. The molecule has 3 rings (SSSR count). The van der Waals surface area contributed by atoms with Crippen molar-refractivity contribution in [3.8, 4) is 5.69 Å². The van der Waals surface area contributed by atoms with E-state index in [1.54, 1.807) is 23.9 Å². The summed E-state index contributed by atoms with van der Waals surface area (Å²) in [5, 5.41) is 4.68. The Morgan fingerprint density at radius 2 is 1.69 bits per heavy atom. The molecule has 7 nitrogen and oxygen atoms in total. The zero-order valence-corrected chi connectivity index (χ0v) is 18.1. The minimum atomic E-state index is -0.0315.